The Bertz CT molecular complexity index is 2050. The second kappa shape index (κ2) is 15.9. The van der Waals surface area contributed by atoms with Crippen LogP contribution in [0.1, 0.15) is 92.4 Å². The van der Waals surface area contributed by atoms with Gasteiger partial charge in [-0.05, 0) is 101 Å². The third-order valence-corrected chi connectivity index (χ3v) is 14.1. The summed E-state index contributed by atoms with van der Waals surface area (Å²) >= 11 is 0. The van der Waals surface area contributed by atoms with Crippen molar-refractivity contribution in [1.82, 2.24) is 14.6 Å². The van der Waals surface area contributed by atoms with Crippen LogP contribution < -0.4 is 14.2 Å². The Morgan fingerprint density at radius 2 is 1.84 bits per heavy atom. The second-order valence-electron chi connectivity index (χ2n) is 17.4. The fourth-order valence-electron chi connectivity index (χ4n) is 8.46. The van der Waals surface area contributed by atoms with Crippen molar-refractivity contribution in [3.8, 4) is 11.6 Å². The monoisotopic (exact) mass is 819 g/mol. The van der Waals surface area contributed by atoms with Gasteiger partial charge in [-0.15, -0.1) is 0 Å². The van der Waals surface area contributed by atoms with Gasteiger partial charge in [0.1, 0.15) is 11.7 Å². The van der Waals surface area contributed by atoms with E-state index in [1.54, 1.807) is 32.9 Å². The average molecular weight is 820 g/mol. The third kappa shape index (κ3) is 8.80. The molecule has 1 aromatic carbocycles. The molecule has 2 aliphatic heterocycles. The number of aromatic nitrogens is 1. The highest BCUT2D eigenvalue weighted by atomic mass is 32.2. The topological polar surface area (TPSA) is 158 Å². The lowest BCUT2D eigenvalue weighted by Gasteiger charge is -2.32. The molecule has 1 aromatic heterocycles. The van der Waals surface area contributed by atoms with Gasteiger partial charge in [0, 0.05) is 24.4 Å². The SMILES string of the molecule is COc1cc2ccnc(O[C@@H]3C[C@H]4C(=O)C[C@]5(C(=O)NS(=O)(=O)C6(C(F)F)CC6)C[C@H]5/C=C\CC[C@H](C)C[C@@H](C)[C@H](CC(=O)OC(C)(C)C)C(=O)N4C3)c2cc1F. The van der Waals surface area contributed by atoms with Crippen LogP contribution in [0.2, 0.25) is 0 Å². The predicted octanol–water partition coefficient (Wildman–Crippen LogP) is 6.30. The molecular weight excluding hydrogens is 768 g/mol. The Kier molecular flexibility index (Phi) is 11.8. The van der Waals surface area contributed by atoms with Crippen LogP contribution in [0.5, 0.6) is 11.6 Å². The molecule has 57 heavy (non-hydrogen) atoms. The van der Waals surface area contributed by atoms with Crippen LogP contribution in [-0.4, -0.2) is 84.4 Å². The van der Waals surface area contributed by atoms with Crippen LogP contribution in [0.4, 0.5) is 13.2 Å². The first-order valence-electron chi connectivity index (χ1n) is 19.6. The summed E-state index contributed by atoms with van der Waals surface area (Å²) in [5.74, 6) is -4.90. The molecule has 1 N–H and O–H groups in total. The lowest BCUT2D eigenvalue weighted by molar-refractivity contribution is -0.160. The number of esters is 1. The zero-order chi connectivity index (χ0) is 41.7. The van der Waals surface area contributed by atoms with Crippen molar-refractivity contribution in [1.29, 1.82) is 0 Å². The molecular formula is C41H52F3N3O9S. The smallest absolute Gasteiger partial charge is 0.307 e. The van der Waals surface area contributed by atoms with E-state index in [4.69, 9.17) is 14.2 Å². The summed E-state index contributed by atoms with van der Waals surface area (Å²) in [6.45, 7) is 8.99. The number of methoxy groups -OCH3 is 1. The van der Waals surface area contributed by atoms with Crippen LogP contribution in [0.25, 0.3) is 10.8 Å². The van der Waals surface area contributed by atoms with Gasteiger partial charge in [0.25, 0.3) is 6.43 Å². The van der Waals surface area contributed by atoms with Crippen LogP contribution >= 0.6 is 0 Å². The molecule has 0 bridgehead atoms. The van der Waals surface area contributed by atoms with E-state index in [-0.39, 0.29) is 62.1 Å². The normalized spacial score (nSPS) is 29.8. The van der Waals surface area contributed by atoms with Crippen molar-refractivity contribution in [2.24, 2.45) is 29.1 Å². The highest BCUT2D eigenvalue weighted by Crippen LogP contribution is 2.58. The maximum atomic E-state index is 14.9. The number of ketones is 1. The number of allylic oxidation sites excluding steroid dienone is 2. The molecule has 0 spiro atoms. The minimum Gasteiger partial charge on any atom is -0.494 e. The van der Waals surface area contributed by atoms with Gasteiger partial charge >= 0.3 is 5.97 Å². The van der Waals surface area contributed by atoms with Gasteiger partial charge in [0.2, 0.25) is 27.7 Å². The van der Waals surface area contributed by atoms with Gasteiger partial charge < -0.3 is 19.1 Å². The molecule has 3 fully saturated rings. The number of rotatable bonds is 9. The number of carbonyl (C=O) groups is 4. The Balaban J connectivity index is 1.36. The quantitative estimate of drug-likeness (QED) is 0.225. The average Bonchev–Trinajstić information content (AvgIpc) is 4.03. The summed E-state index contributed by atoms with van der Waals surface area (Å²) in [7, 11) is -3.45. The van der Waals surface area contributed by atoms with E-state index in [2.05, 4.69) is 4.98 Å². The Morgan fingerprint density at radius 1 is 1.12 bits per heavy atom. The van der Waals surface area contributed by atoms with Gasteiger partial charge in [0.15, 0.2) is 22.1 Å². The molecule has 12 nitrogen and oxygen atoms in total. The molecule has 4 aliphatic rings. The summed E-state index contributed by atoms with van der Waals surface area (Å²) in [6, 6.07) is 3.19. The Hall–Kier alpha value is -4.21. The van der Waals surface area contributed by atoms with E-state index < -0.39 is 92.0 Å². The predicted molar refractivity (Wildman–Crippen MR) is 203 cm³/mol. The second-order valence-corrected chi connectivity index (χ2v) is 19.5. The lowest BCUT2D eigenvalue weighted by Crippen LogP contribution is -2.49. The largest absolute Gasteiger partial charge is 0.494 e. The van der Waals surface area contributed by atoms with E-state index in [1.165, 1.54) is 30.3 Å². The van der Waals surface area contributed by atoms with Crippen LogP contribution in [0, 0.1) is 34.9 Å². The molecule has 2 amide bonds. The molecule has 0 unspecified atom stereocenters. The van der Waals surface area contributed by atoms with E-state index in [1.807, 2.05) is 24.6 Å². The summed E-state index contributed by atoms with van der Waals surface area (Å²) < 4.78 is 85.7. The van der Waals surface area contributed by atoms with E-state index >= 15 is 0 Å². The number of carbonyl (C=O) groups excluding carboxylic acids is 4. The fraction of sp³-hybridized carbons (Fsp3) is 0.634. The number of fused-ring (bicyclic) bond motifs is 3. The number of nitrogens with one attached hydrogen (secondary N) is 1. The van der Waals surface area contributed by atoms with Gasteiger partial charge in [0.05, 0.1) is 37.5 Å². The van der Waals surface area contributed by atoms with E-state index in [0.717, 1.165) is 0 Å². The van der Waals surface area contributed by atoms with Gasteiger partial charge in [-0.3, -0.25) is 23.9 Å². The number of hydrogen-bond donors (Lipinski definition) is 1. The number of pyridine rings is 1. The first-order chi connectivity index (χ1) is 26.7. The molecule has 1 saturated heterocycles. The fourth-order valence-corrected chi connectivity index (χ4v) is 9.99. The molecule has 2 aliphatic carbocycles. The Labute approximate surface area is 331 Å². The molecule has 2 saturated carbocycles. The van der Waals surface area contributed by atoms with Crippen molar-refractivity contribution >= 4 is 44.4 Å². The van der Waals surface area contributed by atoms with Gasteiger partial charge in [-0.2, -0.15) is 0 Å². The number of nitrogens with zero attached hydrogens (tertiary/aromatic N) is 2. The minimum atomic E-state index is -4.79. The summed E-state index contributed by atoms with van der Waals surface area (Å²) in [5.41, 5.74) is -2.38. The number of ether oxygens (including phenoxy) is 3. The third-order valence-electron chi connectivity index (χ3n) is 12.0. The van der Waals surface area contributed by atoms with E-state index in [9.17, 15) is 40.8 Å². The zero-order valence-corrected chi connectivity index (χ0v) is 34.0. The van der Waals surface area contributed by atoms with E-state index in [0.29, 0.717) is 30.0 Å². The number of hydrogen-bond acceptors (Lipinski definition) is 10. The first kappa shape index (κ1) is 42.4. The zero-order valence-electron chi connectivity index (χ0n) is 33.2. The molecule has 2 aromatic rings. The van der Waals surface area contributed by atoms with Gasteiger partial charge in [-0.1, -0.05) is 26.0 Å². The van der Waals surface area contributed by atoms with Crippen LogP contribution in [-0.2, 0) is 33.9 Å². The minimum absolute atomic E-state index is 0.0163. The summed E-state index contributed by atoms with van der Waals surface area (Å²) in [4.78, 5) is 62.3. The molecule has 7 atom stereocenters. The number of sulfonamides is 1. The molecule has 16 heteroatoms. The molecule has 0 radical (unpaired) electrons. The molecule has 6 rings (SSSR count). The number of Topliss-reactive ketones (excluding diaryl/α,β-unsaturated/α-hetero) is 1. The number of amides is 2. The Morgan fingerprint density at radius 3 is 2.49 bits per heavy atom. The highest BCUT2D eigenvalue weighted by Gasteiger charge is 2.66. The first-order valence-corrected chi connectivity index (χ1v) is 21.0. The van der Waals surface area contributed by atoms with Crippen LogP contribution in [0.3, 0.4) is 0 Å². The van der Waals surface area contributed by atoms with Crippen molar-refractivity contribution < 1.29 is 55.0 Å². The maximum absolute atomic E-state index is 14.9. The number of halogens is 3. The van der Waals surface area contributed by atoms with Crippen molar-refractivity contribution in [3.63, 3.8) is 0 Å². The van der Waals surface area contributed by atoms with Crippen LogP contribution in [0.15, 0.2) is 36.5 Å². The van der Waals surface area contributed by atoms with Crippen molar-refractivity contribution in [3.05, 3.63) is 42.4 Å². The molecule has 312 valence electrons. The summed E-state index contributed by atoms with van der Waals surface area (Å²) in [6.07, 6.45) is 1.68. The standard InChI is InChI=1S/C41H52F3N3O9S/c1-23-9-7-8-10-26-20-40(26,38(51)46-57(52,53)41(12-13-41)37(43)44)21-32(48)31-17-27(55-35-29-18-30(42)33(54-6)16-25(29)11-14-45-35)22-47(31)36(50)28(24(2)15-23)19-34(49)56-39(3,4)5/h8,10-11,14,16,18,23-24,26-28,31,37H,7,9,12-13,15,17,19-22H2,1-6H3,(H,46,51)/b10-8-/t23-,24+,26+,27+,28-,31-,40+/m0/s1. The highest BCUT2D eigenvalue weighted by molar-refractivity contribution is 7.91. The van der Waals surface area contributed by atoms with Crippen molar-refractivity contribution in [2.45, 2.75) is 121 Å². The van der Waals surface area contributed by atoms with Crippen molar-refractivity contribution in [2.75, 3.05) is 13.7 Å². The number of benzene rings is 1. The van der Waals surface area contributed by atoms with Gasteiger partial charge in [-0.25, -0.2) is 26.6 Å². The lowest BCUT2D eigenvalue weighted by atomic mass is 9.82. The number of alkyl halides is 2. The maximum Gasteiger partial charge on any atom is 0.307 e. The summed E-state index contributed by atoms with van der Waals surface area (Å²) in [5, 5.41) is 0.888. The molecule has 3 heterocycles.